The van der Waals surface area contributed by atoms with Crippen LogP contribution < -0.4 is 9.64 Å². The Morgan fingerprint density at radius 2 is 1.70 bits per heavy atom. The van der Waals surface area contributed by atoms with Crippen molar-refractivity contribution in [3.8, 4) is 17.3 Å². The summed E-state index contributed by atoms with van der Waals surface area (Å²) >= 11 is 0. The number of aryl methyl sites for hydroxylation is 1. The van der Waals surface area contributed by atoms with Gasteiger partial charge < -0.3 is 14.2 Å². The first-order valence-electron chi connectivity index (χ1n) is 10.6. The van der Waals surface area contributed by atoms with Crippen molar-refractivity contribution in [1.29, 1.82) is 0 Å². The molecule has 0 radical (unpaired) electrons. The van der Waals surface area contributed by atoms with E-state index in [4.69, 9.17) is 9.72 Å². The van der Waals surface area contributed by atoms with Gasteiger partial charge in [0.25, 0.3) is 0 Å². The lowest BCUT2D eigenvalue weighted by molar-refractivity contribution is 0.280. The van der Waals surface area contributed by atoms with E-state index < -0.39 is 17.5 Å². The van der Waals surface area contributed by atoms with Crippen LogP contribution in [-0.4, -0.2) is 44.2 Å². The Bertz CT molecular complexity index is 1330. The molecule has 3 atom stereocenters. The zero-order chi connectivity index (χ0) is 22.7. The molecule has 1 saturated heterocycles. The van der Waals surface area contributed by atoms with Gasteiger partial charge in [-0.05, 0) is 24.0 Å². The van der Waals surface area contributed by atoms with Crippen LogP contribution in [0.1, 0.15) is 0 Å². The molecule has 10 heteroatoms. The summed E-state index contributed by atoms with van der Waals surface area (Å²) in [5.74, 6) is 1.11. The lowest BCUT2D eigenvalue weighted by Gasteiger charge is -2.20. The molecule has 33 heavy (non-hydrogen) atoms. The maximum absolute atomic E-state index is 13.3. The van der Waals surface area contributed by atoms with Crippen LogP contribution in [0.5, 0.6) is 5.75 Å². The van der Waals surface area contributed by atoms with Gasteiger partial charge in [0.2, 0.25) is 0 Å². The molecule has 168 valence electrons. The van der Waals surface area contributed by atoms with Crippen LogP contribution in [0.15, 0.2) is 42.7 Å². The molecule has 1 aromatic carbocycles. The predicted octanol–water partition coefficient (Wildman–Crippen LogP) is 3.60. The Morgan fingerprint density at radius 1 is 0.939 bits per heavy atom. The van der Waals surface area contributed by atoms with Crippen LogP contribution in [0, 0.1) is 35.2 Å². The van der Waals surface area contributed by atoms with E-state index in [0.717, 1.165) is 31.2 Å². The lowest BCUT2D eigenvalue weighted by atomic mass is 10.2. The van der Waals surface area contributed by atoms with Crippen LogP contribution in [0.25, 0.3) is 22.8 Å². The van der Waals surface area contributed by atoms with Gasteiger partial charge in [-0.3, -0.25) is 0 Å². The van der Waals surface area contributed by atoms with E-state index in [-0.39, 0.29) is 5.75 Å². The first-order valence-corrected chi connectivity index (χ1v) is 10.6. The minimum Gasteiger partial charge on any atom is -0.493 e. The maximum Gasteiger partial charge on any atom is 0.198 e. The number of hydrogen-bond acceptors (Lipinski definition) is 6. The van der Waals surface area contributed by atoms with Crippen LogP contribution >= 0.6 is 0 Å². The third-order valence-electron chi connectivity index (χ3n) is 6.50. The summed E-state index contributed by atoms with van der Waals surface area (Å²) in [4.78, 5) is 20.0. The van der Waals surface area contributed by atoms with E-state index in [9.17, 15) is 13.2 Å². The fraction of sp³-hybridized carbons (Fsp3) is 0.304. The van der Waals surface area contributed by atoms with Gasteiger partial charge in [-0.25, -0.2) is 33.1 Å². The molecule has 4 aromatic rings. The fourth-order valence-corrected chi connectivity index (χ4v) is 4.72. The molecule has 4 heterocycles. The monoisotopic (exact) mass is 452 g/mol. The molecule has 1 aliphatic heterocycles. The van der Waals surface area contributed by atoms with Gasteiger partial charge in [0.1, 0.15) is 34.7 Å². The standard InChI is InChI=1S/C23H19F3N6O/c1-31-22(19-3-2-12(24)7-27-19)30-21-23(31)29-20(8-28-21)32-9-16-17(10-32)18(16)11-33-15-5-13(25)4-14(26)6-15/h2-8,16-18H,9-11H2,1H3/t16-,17+,18-. The number of pyridine rings is 1. The topological polar surface area (TPSA) is 69.0 Å². The molecular formula is C23H19F3N6O. The quantitative estimate of drug-likeness (QED) is 0.461. The van der Waals surface area contributed by atoms with Gasteiger partial charge in [-0.2, -0.15) is 0 Å². The molecule has 7 nitrogen and oxygen atoms in total. The highest BCUT2D eigenvalue weighted by molar-refractivity contribution is 5.74. The maximum atomic E-state index is 13.3. The van der Waals surface area contributed by atoms with Gasteiger partial charge in [-0.1, -0.05) is 0 Å². The van der Waals surface area contributed by atoms with E-state index in [1.807, 2.05) is 7.05 Å². The second kappa shape index (κ2) is 7.43. The summed E-state index contributed by atoms with van der Waals surface area (Å²) in [5.41, 5.74) is 1.67. The van der Waals surface area contributed by atoms with E-state index >= 15 is 0 Å². The molecule has 0 amide bonds. The van der Waals surface area contributed by atoms with E-state index in [1.54, 1.807) is 16.8 Å². The van der Waals surface area contributed by atoms with E-state index in [0.29, 0.717) is 47.2 Å². The summed E-state index contributed by atoms with van der Waals surface area (Å²) in [6.45, 7) is 2.08. The van der Waals surface area contributed by atoms with Crippen molar-refractivity contribution in [2.75, 3.05) is 24.6 Å². The molecule has 2 fully saturated rings. The largest absolute Gasteiger partial charge is 0.493 e. The van der Waals surface area contributed by atoms with Crippen molar-refractivity contribution in [3.63, 3.8) is 0 Å². The Hall–Kier alpha value is -3.69. The van der Waals surface area contributed by atoms with Crippen molar-refractivity contribution < 1.29 is 17.9 Å². The Kier molecular flexibility index (Phi) is 4.49. The number of anilines is 1. The van der Waals surface area contributed by atoms with Gasteiger partial charge >= 0.3 is 0 Å². The first kappa shape index (κ1) is 20.0. The predicted molar refractivity (Wildman–Crippen MR) is 114 cm³/mol. The highest BCUT2D eigenvalue weighted by Crippen LogP contribution is 2.52. The normalized spacial score (nSPS) is 21.5. The third kappa shape index (κ3) is 3.55. The average molecular weight is 452 g/mol. The molecule has 1 aliphatic carbocycles. The highest BCUT2D eigenvalue weighted by Gasteiger charge is 2.56. The zero-order valence-corrected chi connectivity index (χ0v) is 17.6. The summed E-state index contributed by atoms with van der Waals surface area (Å²) in [5, 5.41) is 0. The van der Waals surface area contributed by atoms with Gasteiger partial charge in [0, 0.05) is 44.3 Å². The molecule has 3 aromatic heterocycles. The summed E-state index contributed by atoms with van der Waals surface area (Å²) in [6.07, 6.45) is 2.87. The molecular weight excluding hydrogens is 433 g/mol. The number of rotatable bonds is 5. The molecule has 0 N–H and O–H groups in total. The SMILES string of the molecule is Cn1c(-c2ccc(F)cn2)nc2ncc(N3C[C@@H]4[C@H](COc5cc(F)cc(F)c5)[C@@H]4C3)nc21. The van der Waals surface area contributed by atoms with Crippen molar-refractivity contribution in [2.24, 2.45) is 24.8 Å². The molecule has 1 saturated carbocycles. The van der Waals surface area contributed by atoms with Gasteiger partial charge in [-0.15, -0.1) is 0 Å². The van der Waals surface area contributed by atoms with Gasteiger partial charge in [0.15, 0.2) is 17.1 Å². The number of aromatic nitrogens is 5. The number of halogens is 3. The summed E-state index contributed by atoms with van der Waals surface area (Å²) < 4.78 is 47.3. The minimum absolute atomic E-state index is 0.216. The number of ether oxygens (including phenoxy) is 1. The zero-order valence-electron chi connectivity index (χ0n) is 17.6. The van der Waals surface area contributed by atoms with Gasteiger partial charge in [0.05, 0.1) is 19.0 Å². The number of fused-ring (bicyclic) bond motifs is 2. The van der Waals surface area contributed by atoms with Crippen molar-refractivity contribution in [1.82, 2.24) is 24.5 Å². The fourth-order valence-electron chi connectivity index (χ4n) is 4.72. The smallest absolute Gasteiger partial charge is 0.198 e. The highest BCUT2D eigenvalue weighted by atomic mass is 19.1. The van der Waals surface area contributed by atoms with Crippen molar-refractivity contribution >= 4 is 17.1 Å². The molecule has 2 aliphatic rings. The van der Waals surface area contributed by atoms with Crippen LogP contribution in [0.4, 0.5) is 19.0 Å². The Labute approximate surface area is 186 Å². The van der Waals surface area contributed by atoms with Crippen molar-refractivity contribution in [3.05, 3.63) is 60.2 Å². The second-order valence-electron chi connectivity index (χ2n) is 8.54. The van der Waals surface area contributed by atoms with Crippen LogP contribution in [0.3, 0.4) is 0 Å². The summed E-state index contributed by atoms with van der Waals surface area (Å²) in [6, 6.07) is 6.14. The number of benzene rings is 1. The number of hydrogen-bond donors (Lipinski definition) is 0. The van der Waals surface area contributed by atoms with Crippen LogP contribution in [-0.2, 0) is 7.05 Å². The number of nitrogens with zero attached hydrogens (tertiary/aromatic N) is 6. The second-order valence-corrected chi connectivity index (χ2v) is 8.54. The molecule has 0 bridgehead atoms. The molecule has 0 unspecified atom stereocenters. The number of imidazole rings is 1. The molecule has 6 rings (SSSR count). The summed E-state index contributed by atoms with van der Waals surface area (Å²) in [7, 11) is 1.83. The Balaban J connectivity index is 1.14. The van der Waals surface area contributed by atoms with Crippen molar-refractivity contribution in [2.45, 2.75) is 0 Å². The van der Waals surface area contributed by atoms with E-state index in [2.05, 4.69) is 19.9 Å². The first-order chi connectivity index (χ1) is 16.0. The van der Waals surface area contributed by atoms with Crippen LogP contribution in [0.2, 0.25) is 0 Å². The minimum atomic E-state index is -0.644. The van der Waals surface area contributed by atoms with E-state index in [1.165, 1.54) is 18.2 Å². The lowest BCUT2D eigenvalue weighted by Crippen LogP contribution is -2.26. The Morgan fingerprint density at radius 3 is 2.39 bits per heavy atom. The third-order valence-corrected chi connectivity index (χ3v) is 6.50. The molecule has 0 spiro atoms. The number of piperidine rings is 1. The average Bonchev–Trinajstić information content (AvgIpc) is 3.10.